The van der Waals surface area contributed by atoms with E-state index in [1.165, 1.54) is 0 Å². The smallest absolute Gasteiger partial charge is 0.167 e. The molecule has 7 nitrogen and oxygen atoms in total. The van der Waals surface area contributed by atoms with E-state index in [1.807, 2.05) is 18.5 Å². The fourth-order valence-electron chi connectivity index (χ4n) is 2.73. The first-order valence-electron chi connectivity index (χ1n) is 7.93. The predicted molar refractivity (Wildman–Crippen MR) is 86.1 cm³/mol. The minimum Gasteiger partial charge on any atom is -0.363 e. The molecule has 0 saturated carbocycles. The van der Waals surface area contributed by atoms with Crippen LogP contribution in [0.5, 0.6) is 0 Å². The minimum atomic E-state index is 0.174. The van der Waals surface area contributed by atoms with E-state index in [1.54, 1.807) is 0 Å². The Kier molecular flexibility index (Phi) is 3.99. The molecule has 120 valence electrons. The third kappa shape index (κ3) is 2.89. The minimum absolute atomic E-state index is 0.174. The highest BCUT2D eigenvalue weighted by Crippen LogP contribution is 2.22. The molecule has 3 rings (SSSR count). The lowest BCUT2D eigenvalue weighted by Gasteiger charge is -2.24. The molecule has 1 aliphatic rings. The van der Waals surface area contributed by atoms with Gasteiger partial charge in [-0.15, -0.1) is 5.10 Å². The number of hydrogen-bond donors (Lipinski definition) is 1. The molecule has 0 radical (unpaired) electrons. The number of aryl methyl sites for hydroxylation is 2. The van der Waals surface area contributed by atoms with Crippen LogP contribution < -0.4 is 5.32 Å². The van der Waals surface area contributed by atoms with E-state index in [-0.39, 0.29) is 6.04 Å². The number of rotatable bonds is 3. The van der Waals surface area contributed by atoms with Gasteiger partial charge in [0.1, 0.15) is 17.5 Å². The molecule has 7 heteroatoms. The van der Waals surface area contributed by atoms with Gasteiger partial charge in [0.25, 0.3) is 0 Å². The van der Waals surface area contributed by atoms with Crippen molar-refractivity contribution in [3.63, 3.8) is 0 Å². The van der Waals surface area contributed by atoms with Crippen molar-refractivity contribution >= 4 is 5.82 Å². The first-order valence-corrected chi connectivity index (χ1v) is 7.93. The van der Waals surface area contributed by atoms with Gasteiger partial charge in [0, 0.05) is 18.4 Å². The number of nitriles is 1. The molecule has 0 spiro atoms. The zero-order valence-electron chi connectivity index (χ0n) is 14.0. The zero-order valence-corrected chi connectivity index (χ0v) is 14.0. The predicted octanol–water partition coefficient (Wildman–Crippen LogP) is 2.11. The van der Waals surface area contributed by atoms with Crippen LogP contribution in [0.4, 0.5) is 5.82 Å². The molecule has 0 fully saturated rings. The molecule has 1 unspecified atom stereocenters. The third-order valence-corrected chi connectivity index (χ3v) is 4.30. The zero-order chi connectivity index (χ0) is 16.6. The van der Waals surface area contributed by atoms with E-state index in [0.717, 1.165) is 42.3 Å². The van der Waals surface area contributed by atoms with Crippen LogP contribution in [0.1, 0.15) is 54.7 Å². The molecule has 0 bridgehead atoms. The maximum absolute atomic E-state index is 9.39. The van der Waals surface area contributed by atoms with Gasteiger partial charge in [-0.2, -0.15) is 15.5 Å². The Morgan fingerprint density at radius 2 is 2.09 bits per heavy atom. The maximum Gasteiger partial charge on any atom is 0.167 e. The van der Waals surface area contributed by atoms with Crippen LogP contribution in [0.2, 0.25) is 0 Å². The molecule has 1 atom stereocenters. The highest BCUT2D eigenvalue weighted by molar-refractivity contribution is 5.56. The Morgan fingerprint density at radius 3 is 2.78 bits per heavy atom. The normalized spacial score (nSPS) is 17.0. The van der Waals surface area contributed by atoms with E-state index in [0.29, 0.717) is 17.3 Å². The number of aromatic nitrogens is 5. The lowest BCUT2D eigenvalue weighted by Crippen LogP contribution is -2.32. The Balaban J connectivity index is 1.80. The molecule has 0 aromatic carbocycles. The second-order valence-corrected chi connectivity index (χ2v) is 6.35. The van der Waals surface area contributed by atoms with Gasteiger partial charge in [0.2, 0.25) is 0 Å². The van der Waals surface area contributed by atoms with E-state index < -0.39 is 0 Å². The molecule has 0 amide bonds. The average molecular weight is 311 g/mol. The summed E-state index contributed by atoms with van der Waals surface area (Å²) in [5, 5.41) is 25.6. The molecule has 1 N–H and O–H groups in total. The van der Waals surface area contributed by atoms with Gasteiger partial charge in [0.05, 0.1) is 12.2 Å². The van der Waals surface area contributed by atoms with Crippen molar-refractivity contribution in [3.8, 4) is 6.07 Å². The lowest BCUT2D eigenvalue weighted by molar-refractivity contribution is 0.438. The van der Waals surface area contributed by atoms with Crippen LogP contribution in [-0.2, 0) is 13.0 Å². The second kappa shape index (κ2) is 5.95. The number of nitrogens with zero attached hydrogens (tertiary/aromatic N) is 6. The van der Waals surface area contributed by atoms with Crippen molar-refractivity contribution in [1.82, 2.24) is 25.0 Å². The van der Waals surface area contributed by atoms with Crippen LogP contribution in [-0.4, -0.2) is 31.0 Å². The first kappa shape index (κ1) is 15.4. The molecule has 1 aliphatic heterocycles. The standard InChI is InChI=1S/C16H21N7/c1-9(2)15-19-14-6-5-12(8-23(14)22-15)18-16-13(7-17)10(3)11(4)20-21-16/h9,12H,5-6,8H2,1-4H3,(H,18,21). The van der Waals surface area contributed by atoms with Crippen LogP contribution in [0.25, 0.3) is 0 Å². The summed E-state index contributed by atoms with van der Waals surface area (Å²) in [5.41, 5.74) is 2.24. The summed E-state index contributed by atoms with van der Waals surface area (Å²) in [4.78, 5) is 4.59. The van der Waals surface area contributed by atoms with E-state index in [9.17, 15) is 5.26 Å². The molecule has 0 aliphatic carbocycles. The summed E-state index contributed by atoms with van der Waals surface area (Å²) in [6.45, 7) is 8.69. The van der Waals surface area contributed by atoms with Crippen LogP contribution >= 0.6 is 0 Å². The molecule has 2 aromatic rings. The monoisotopic (exact) mass is 311 g/mol. The molecule has 3 heterocycles. The van der Waals surface area contributed by atoms with E-state index >= 15 is 0 Å². The van der Waals surface area contributed by atoms with Gasteiger partial charge < -0.3 is 5.32 Å². The second-order valence-electron chi connectivity index (χ2n) is 6.35. The van der Waals surface area contributed by atoms with Gasteiger partial charge in [-0.25, -0.2) is 9.67 Å². The summed E-state index contributed by atoms with van der Waals surface area (Å²) in [5.74, 6) is 2.83. The Labute approximate surface area is 135 Å². The number of fused-ring (bicyclic) bond motifs is 1. The summed E-state index contributed by atoms with van der Waals surface area (Å²) in [7, 11) is 0. The maximum atomic E-state index is 9.39. The summed E-state index contributed by atoms with van der Waals surface area (Å²) >= 11 is 0. The molecular weight excluding hydrogens is 290 g/mol. The van der Waals surface area contributed by atoms with Crippen LogP contribution in [0.3, 0.4) is 0 Å². The highest BCUT2D eigenvalue weighted by atomic mass is 15.4. The fraction of sp³-hybridized carbons (Fsp3) is 0.562. The quantitative estimate of drug-likeness (QED) is 0.933. The van der Waals surface area contributed by atoms with Gasteiger partial charge >= 0.3 is 0 Å². The molecule has 0 saturated heterocycles. The van der Waals surface area contributed by atoms with Gasteiger partial charge in [0.15, 0.2) is 11.6 Å². The summed E-state index contributed by atoms with van der Waals surface area (Å²) in [6.07, 6.45) is 1.81. The van der Waals surface area contributed by atoms with Crippen molar-refractivity contribution in [1.29, 1.82) is 5.26 Å². The highest BCUT2D eigenvalue weighted by Gasteiger charge is 2.24. The average Bonchev–Trinajstić information content (AvgIpc) is 2.95. The molecular formula is C16H21N7. The topological polar surface area (TPSA) is 92.3 Å². The van der Waals surface area contributed by atoms with Crippen molar-refractivity contribution in [2.45, 2.75) is 59.0 Å². The van der Waals surface area contributed by atoms with Crippen LogP contribution in [0.15, 0.2) is 0 Å². The van der Waals surface area contributed by atoms with Gasteiger partial charge in [-0.3, -0.25) is 0 Å². The molecule has 2 aromatic heterocycles. The van der Waals surface area contributed by atoms with Gasteiger partial charge in [-0.05, 0) is 25.8 Å². The van der Waals surface area contributed by atoms with Crippen molar-refractivity contribution < 1.29 is 0 Å². The number of anilines is 1. The third-order valence-electron chi connectivity index (χ3n) is 4.30. The summed E-state index contributed by atoms with van der Waals surface area (Å²) in [6, 6.07) is 2.41. The van der Waals surface area contributed by atoms with Crippen molar-refractivity contribution in [2.24, 2.45) is 0 Å². The Hall–Kier alpha value is -2.49. The lowest BCUT2D eigenvalue weighted by atomic mass is 10.1. The van der Waals surface area contributed by atoms with Gasteiger partial charge in [-0.1, -0.05) is 13.8 Å². The Morgan fingerprint density at radius 1 is 1.30 bits per heavy atom. The number of hydrogen-bond acceptors (Lipinski definition) is 6. The molecule has 23 heavy (non-hydrogen) atoms. The number of nitrogens with one attached hydrogen (secondary N) is 1. The van der Waals surface area contributed by atoms with Crippen molar-refractivity contribution in [3.05, 3.63) is 28.5 Å². The van der Waals surface area contributed by atoms with E-state index in [2.05, 4.69) is 45.5 Å². The first-order chi connectivity index (χ1) is 11.0. The van der Waals surface area contributed by atoms with E-state index in [4.69, 9.17) is 0 Å². The largest absolute Gasteiger partial charge is 0.363 e. The van der Waals surface area contributed by atoms with Crippen LogP contribution in [0, 0.1) is 25.2 Å². The Bertz CT molecular complexity index is 769. The fourth-order valence-corrected chi connectivity index (χ4v) is 2.73. The summed E-state index contributed by atoms with van der Waals surface area (Å²) < 4.78 is 1.97. The van der Waals surface area contributed by atoms with Crippen molar-refractivity contribution in [2.75, 3.05) is 5.32 Å². The SMILES string of the molecule is Cc1nnc(NC2CCc3nc(C(C)C)nn3C2)c(C#N)c1C.